The zero-order valence-corrected chi connectivity index (χ0v) is 12.4. The molecule has 1 aliphatic rings. The van der Waals surface area contributed by atoms with Crippen LogP contribution in [0, 0.1) is 5.92 Å². The fourth-order valence-electron chi connectivity index (χ4n) is 2.44. The highest BCUT2D eigenvalue weighted by Crippen LogP contribution is 2.18. The molecule has 0 atom stereocenters. The molecule has 1 fully saturated rings. The second-order valence-corrected chi connectivity index (χ2v) is 5.70. The van der Waals surface area contributed by atoms with Gasteiger partial charge in [-0.05, 0) is 50.9 Å². The molecule has 0 radical (unpaired) electrons. The van der Waals surface area contributed by atoms with E-state index in [1.54, 1.807) is 24.2 Å². The smallest absolute Gasteiger partial charge is 0.120 e. The molecule has 1 saturated heterocycles. The number of nitrogens with one attached hydrogen (secondary N) is 1. The van der Waals surface area contributed by atoms with Crippen LogP contribution in [0.2, 0.25) is 0 Å². The normalized spacial score (nSPS) is 16.7. The number of rotatable bonds is 7. The van der Waals surface area contributed by atoms with Crippen LogP contribution in [0.1, 0.15) is 31.4 Å². The van der Waals surface area contributed by atoms with E-state index in [9.17, 15) is 0 Å². The number of hydrogen-bond donors (Lipinski definition) is 1. The SMILES string of the molecule is CSc1nccnc1COCCCC1CCNCC1. The van der Waals surface area contributed by atoms with Gasteiger partial charge in [-0.3, -0.25) is 4.98 Å². The first-order valence-corrected chi connectivity index (χ1v) is 8.25. The van der Waals surface area contributed by atoms with Crippen LogP contribution < -0.4 is 5.32 Å². The number of piperidine rings is 1. The third-order valence-corrected chi connectivity index (χ3v) is 4.26. The van der Waals surface area contributed by atoms with Gasteiger partial charge >= 0.3 is 0 Å². The molecule has 1 aromatic rings. The zero-order chi connectivity index (χ0) is 13.3. The average Bonchev–Trinajstić information content (AvgIpc) is 2.48. The van der Waals surface area contributed by atoms with Crippen LogP contribution in [0.25, 0.3) is 0 Å². The Kier molecular flexibility index (Phi) is 6.61. The van der Waals surface area contributed by atoms with Gasteiger partial charge < -0.3 is 10.1 Å². The Morgan fingerprint density at radius 1 is 1.32 bits per heavy atom. The number of nitrogens with zero attached hydrogens (tertiary/aromatic N) is 2. The van der Waals surface area contributed by atoms with Crippen molar-refractivity contribution in [1.29, 1.82) is 0 Å². The molecule has 2 heterocycles. The molecule has 5 heteroatoms. The van der Waals surface area contributed by atoms with E-state index in [0.717, 1.165) is 29.7 Å². The third-order valence-electron chi connectivity index (χ3n) is 3.53. The largest absolute Gasteiger partial charge is 0.375 e. The van der Waals surface area contributed by atoms with Crippen molar-refractivity contribution in [2.75, 3.05) is 26.0 Å². The molecule has 2 rings (SSSR count). The number of hydrogen-bond acceptors (Lipinski definition) is 5. The minimum atomic E-state index is 0.580. The van der Waals surface area contributed by atoms with Crippen molar-refractivity contribution in [2.45, 2.75) is 37.3 Å². The van der Waals surface area contributed by atoms with Crippen LogP contribution in [0.4, 0.5) is 0 Å². The van der Waals surface area contributed by atoms with Crippen LogP contribution in [0.5, 0.6) is 0 Å². The average molecular weight is 281 g/mol. The molecule has 0 bridgehead atoms. The van der Waals surface area contributed by atoms with Gasteiger partial charge in [0.05, 0.1) is 12.3 Å². The number of thioether (sulfide) groups is 1. The van der Waals surface area contributed by atoms with Crippen LogP contribution in [0.3, 0.4) is 0 Å². The van der Waals surface area contributed by atoms with Crippen molar-refractivity contribution >= 4 is 11.8 Å². The number of ether oxygens (including phenoxy) is 1. The lowest BCUT2D eigenvalue weighted by Crippen LogP contribution is -2.27. The van der Waals surface area contributed by atoms with Gasteiger partial charge in [0.2, 0.25) is 0 Å². The highest BCUT2D eigenvalue weighted by molar-refractivity contribution is 7.98. The molecule has 1 aliphatic heterocycles. The highest BCUT2D eigenvalue weighted by Gasteiger charge is 2.12. The molecule has 0 amide bonds. The molecule has 0 aliphatic carbocycles. The predicted molar refractivity (Wildman–Crippen MR) is 78.3 cm³/mol. The van der Waals surface area contributed by atoms with Crippen molar-refractivity contribution in [3.63, 3.8) is 0 Å². The summed E-state index contributed by atoms with van der Waals surface area (Å²) in [4.78, 5) is 8.60. The van der Waals surface area contributed by atoms with E-state index in [0.29, 0.717) is 6.61 Å². The van der Waals surface area contributed by atoms with Gasteiger partial charge in [-0.1, -0.05) is 0 Å². The molecule has 0 saturated carbocycles. The maximum absolute atomic E-state index is 5.72. The Bertz CT molecular complexity index is 369. The van der Waals surface area contributed by atoms with E-state index in [-0.39, 0.29) is 0 Å². The van der Waals surface area contributed by atoms with Crippen molar-refractivity contribution < 1.29 is 4.74 Å². The molecular weight excluding hydrogens is 258 g/mol. The summed E-state index contributed by atoms with van der Waals surface area (Å²) in [5, 5.41) is 4.37. The maximum atomic E-state index is 5.72. The van der Waals surface area contributed by atoms with Crippen molar-refractivity contribution in [1.82, 2.24) is 15.3 Å². The summed E-state index contributed by atoms with van der Waals surface area (Å²) in [5.41, 5.74) is 0.955. The molecule has 19 heavy (non-hydrogen) atoms. The van der Waals surface area contributed by atoms with Crippen molar-refractivity contribution in [3.8, 4) is 0 Å². The van der Waals surface area contributed by atoms with E-state index in [1.807, 2.05) is 6.26 Å². The lowest BCUT2D eigenvalue weighted by molar-refractivity contribution is 0.108. The van der Waals surface area contributed by atoms with E-state index < -0.39 is 0 Å². The van der Waals surface area contributed by atoms with Gasteiger partial charge in [-0.2, -0.15) is 0 Å². The third kappa shape index (κ3) is 5.09. The van der Waals surface area contributed by atoms with Gasteiger partial charge in [0, 0.05) is 19.0 Å². The van der Waals surface area contributed by atoms with Gasteiger partial charge in [0.25, 0.3) is 0 Å². The lowest BCUT2D eigenvalue weighted by atomic mass is 9.93. The molecule has 0 unspecified atom stereocenters. The summed E-state index contributed by atoms with van der Waals surface area (Å²) in [6.45, 7) is 3.77. The summed E-state index contributed by atoms with van der Waals surface area (Å²) >= 11 is 1.62. The minimum absolute atomic E-state index is 0.580. The summed E-state index contributed by atoms with van der Waals surface area (Å²) in [5.74, 6) is 0.892. The fraction of sp³-hybridized carbons (Fsp3) is 0.714. The van der Waals surface area contributed by atoms with Gasteiger partial charge in [-0.25, -0.2) is 4.98 Å². The first-order chi connectivity index (χ1) is 9.40. The van der Waals surface area contributed by atoms with Crippen molar-refractivity contribution in [2.24, 2.45) is 5.92 Å². The molecule has 1 N–H and O–H groups in total. The molecule has 106 valence electrons. The fourth-order valence-corrected chi connectivity index (χ4v) is 2.95. The molecule has 1 aromatic heterocycles. The quantitative estimate of drug-likeness (QED) is 0.614. The standard InChI is InChI=1S/C14H23N3OS/c1-19-14-13(16-8-9-17-14)11-18-10-2-3-12-4-6-15-7-5-12/h8-9,12,15H,2-7,10-11H2,1H3. The maximum Gasteiger partial charge on any atom is 0.120 e. The van der Waals surface area contributed by atoms with Gasteiger partial charge in [0.15, 0.2) is 0 Å². The second-order valence-electron chi connectivity index (χ2n) is 4.90. The van der Waals surface area contributed by atoms with Crippen LogP contribution in [-0.4, -0.2) is 35.9 Å². The Morgan fingerprint density at radius 3 is 2.89 bits per heavy atom. The highest BCUT2D eigenvalue weighted by atomic mass is 32.2. The Labute approximate surface area is 119 Å². The minimum Gasteiger partial charge on any atom is -0.375 e. The topological polar surface area (TPSA) is 47.0 Å². The Morgan fingerprint density at radius 2 is 2.11 bits per heavy atom. The van der Waals surface area contributed by atoms with E-state index in [1.165, 1.54) is 32.4 Å². The molecule has 0 aromatic carbocycles. The zero-order valence-electron chi connectivity index (χ0n) is 11.6. The Hall–Kier alpha value is -0.650. The summed E-state index contributed by atoms with van der Waals surface area (Å²) in [6.07, 6.45) is 10.6. The van der Waals surface area contributed by atoms with Crippen LogP contribution in [-0.2, 0) is 11.3 Å². The van der Waals surface area contributed by atoms with Gasteiger partial charge in [0.1, 0.15) is 5.03 Å². The van der Waals surface area contributed by atoms with Crippen LogP contribution in [0.15, 0.2) is 17.4 Å². The molecular formula is C14H23N3OS. The van der Waals surface area contributed by atoms with Gasteiger partial charge in [-0.15, -0.1) is 11.8 Å². The van der Waals surface area contributed by atoms with E-state index in [2.05, 4.69) is 15.3 Å². The Balaban J connectivity index is 1.61. The summed E-state index contributed by atoms with van der Waals surface area (Å²) in [6, 6.07) is 0. The number of aromatic nitrogens is 2. The summed E-state index contributed by atoms with van der Waals surface area (Å²) in [7, 11) is 0. The van der Waals surface area contributed by atoms with Crippen LogP contribution >= 0.6 is 11.8 Å². The predicted octanol–water partition coefficient (Wildman–Crippen LogP) is 2.49. The monoisotopic (exact) mass is 281 g/mol. The molecule has 4 nitrogen and oxygen atoms in total. The van der Waals surface area contributed by atoms with Crippen molar-refractivity contribution in [3.05, 3.63) is 18.1 Å². The van der Waals surface area contributed by atoms with E-state index in [4.69, 9.17) is 4.74 Å². The molecule has 0 spiro atoms. The first kappa shape index (κ1) is 14.8. The second kappa shape index (κ2) is 8.51. The summed E-state index contributed by atoms with van der Waals surface area (Å²) < 4.78 is 5.72. The first-order valence-electron chi connectivity index (χ1n) is 7.02. The van der Waals surface area contributed by atoms with E-state index >= 15 is 0 Å². The lowest BCUT2D eigenvalue weighted by Gasteiger charge is -2.22.